The molecule has 0 spiro atoms. The van der Waals surface area contributed by atoms with E-state index >= 15 is 0 Å². The van der Waals surface area contributed by atoms with Gasteiger partial charge in [0, 0.05) is 36.4 Å². The summed E-state index contributed by atoms with van der Waals surface area (Å²) in [4.78, 5) is 14.9. The summed E-state index contributed by atoms with van der Waals surface area (Å²) in [5, 5.41) is 6.02. The van der Waals surface area contributed by atoms with E-state index in [0.29, 0.717) is 23.5 Å². The second-order valence-corrected chi connectivity index (χ2v) is 7.68. The average Bonchev–Trinajstić information content (AvgIpc) is 2.92. The molecule has 2 aromatic rings. The lowest BCUT2D eigenvalue weighted by Crippen LogP contribution is -2.50. The highest BCUT2D eigenvalue weighted by molar-refractivity contribution is 5.89. The van der Waals surface area contributed by atoms with Crippen molar-refractivity contribution in [3.8, 4) is 5.75 Å². The first kappa shape index (κ1) is 18.7. The number of methoxy groups -OCH3 is 1. The zero-order valence-electron chi connectivity index (χ0n) is 16.0. The van der Waals surface area contributed by atoms with Gasteiger partial charge in [0.05, 0.1) is 7.11 Å². The first-order valence-corrected chi connectivity index (χ1v) is 9.82. The Hall–Kier alpha value is -2.60. The molecule has 2 bridgehead atoms. The average molecular weight is 383 g/mol. The number of piperidine rings is 1. The van der Waals surface area contributed by atoms with Crippen LogP contribution in [0, 0.1) is 5.82 Å². The van der Waals surface area contributed by atoms with Crippen LogP contribution in [0.25, 0.3) is 0 Å². The number of ether oxygens (including phenoxy) is 1. The second-order valence-electron chi connectivity index (χ2n) is 7.68. The maximum atomic E-state index is 13.1. The van der Waals surface area contributed by atoms with Crippen LogP contribution in [-0.2, 0) is 6.54 Å². The second kappa shape index (κ2) is 8.19. The van der Waals surface area contributed by atoms with Gasteiger partial charge >= 0.3 is 6.03 Å². The Morgan fingerprint density at radius 2 is 1.86 bits per heavy atom. The molecule has 2 heterocycles. The third-order valence-electron chi connectivity index (χ3n) is 5.83. The Morgan fingerprint density at radius 1 is 1.14 bits per heavy atom. The first-order valence-electron chi connectivity index (χ1n) is 9.82. The fraction of sp³-hybridized carbons (Fsp3) is 0.409. The highest BCUT2D eigenvalue weighted by Gasteiger charge is 2.40. The number of amides is 2. The molecule has 0 saturated carbocycles. The largest absolute Gasteiger partial charge is 0.497 e. The number of carbonyl (C=O) groups excluding carboxylic acids is 1. The fourth-order valence-corrected chi connectivity index (χ4v) is 4.50. The van der Waals surface area contributed by atoms with Crippen molar-refractivity contribution in [2.24, 2.45) is 0 Å². The van der Waals surface area contributed by atoms with Crippen LogP contribution in [0.5, 0.6) is 5.75 Å². The van der Waals surface area contributed by atoms with E-state index in [1.54, 1.807) is 13.2 Å². The van der Waals surface area contributed by atoms with E-state index in [0.717, 1.165) is 37.8 Å². The number of nitrogens with zero attached hydrogens (tertiary/aromatic N) is 1. The normalized spacial score (nSPS) is 24.0. The molecule has 148 valence electrons. The van der Waals surface area contributed by atoms with Gasteiger partial charge in [0.1, 0.15) is 11.6 Å². The number of nitrogens with one attached hydrogen (secondary N) is 2. The van der Waals surface area contributed by atoms with Gasteiger partial charge in [-0.25, -0.2) is 9.18 Å². The summed E-state index contributed by atoms with van der Waals surface area (Å²) < 4.78 is 18.3. The molecule has 2 saturated heterocycles. The Bertz CT molecular complexity index is 813. The fourth-order valence-electron chi connectivity index (χ4n) is 4.50. The van der Waals surface area contributed by atoms with Crippen LogP contribution >= 0.6 is 0 Å². The summed E-state index contributed by atoms with van der Waals surface area (Å²) in [5.74, 6) is 0.515. The highest BCUT2D eigenvalue weighted by atomic mass is 19.1. The molecule has 1 unspecified atom stereocenters. The van der Waals surface area contributed by atoms with Crippen molar-refractivity contribution in [3.63, 3.8) is 0 Å². The number of carbonyl (C=O) groups is 1. The van der Waals surface area contributed by atoms with E-state index in [1.807, 2.05) is 30.3 Å². The van der Waals surface area contributed by atoms with Crippen LogP contribution in [0.2, 0.25) is 0 Å². The maximum Gasteiger partial charge on any atom is 0.319 e. The Kier molecular flexibility index (Phi) is 5.48. The molecule has 0 radical (unpaired) electrons. The molecule has 0 aliphatic carbocycles. The molecule has 6 heteroatoms. The van der Waals surface area contributed by atoms with E-state index in [-0.39, 0.29) is 17.9 Å². The third-order valence-corrected chi connectivity index (χ3v) is 5.83. The monoisotopic (exact) mass is 383 g/mol. The van der Waals surface area contributed by atoms with Crippen LogP contribution in [0.15, 0.2) is 48.5 Å². The minimum Gasteiger partial charge on any atom is -0.497 e. The molecule has 5 nitrogen and oxygen atoms in total. The zero-order chi connectivity index (χ0) is 19.5. The SMILES string of the molecule is COc1cccc(NC(=O)NC2C[C@H]3CC[C@@H](C2)N3Cc2ccc(F)cc2)c1. The topological polar surface area (TPSA) is 53.6 Å². The van der Waals surface area contributed by atoms with E-state index in [2.05, 4.69) is 15.5 Å². The van der Waals surface area contributed by atoms with Crippen molar-refractivity contribution in [1.29, 1.82) is 0 Å². The molecule has 4 rings (SSSR count). The lowest BCUT2D eigenvalue weighted by molar-refractivity contribution is 0.112. The number of anilines is 1. The zero-order valence-corrected chi connectivity index (χ0v) is 16.0. The minimum absolute atomic E-state index is 0.174. The quantitative estimate of drug-likeness (QED) is 0.816. The molecule has 2 aliphatic rings. The van der Waals surface area contributed by atoms with E-state index in [4.69, 9.17) is 4.74 Å². The van der Waals surface area contributed by atoms with Crippen molar-refractivity contribution in [2.45, 2.75) is 50.4 Å². The Labute approximate surface area is 164 Å². The molecule has 2 aliphatic heterocycles. The summed E-state index contributed by atoms with van der Waals surface area (Å²) in [5.41, 5.74) is 1.86. The standard InChI is InChI=1S/C22H26FN3O2/c1-28-21-4-2-3-17(13-21)24-22(27)25-18-11-19-9-10-20(12-18)26(19)14-15-5-7-16(23)8-6-15/h2-8,13,18-20H,9-12,14H2,1H3,(H2,24,25,27)/t18?,19-,20+. The number of rotatable bonds is 5. The number of halogens is 1. The van der Waals surface area contributed by atoms with Crippen molar-refractivity contribution < 1.29 is 13.9 Å². The lowest BCUT2D eigenvalue weighted by Gasteiger charge is -2.39. The van der Waals surface area contributed by atoms with Gasteiger partial charge in [0.15, 0.2) is 0 Å². The minimum atomic E-state index is -0.198. The van der Waals surface area contributed by atoms with Gasteiger partial charge in [0.2, 0.25) is 0 Å². The number of benzene rings is 2. The molecular weight excluding hydrogens is 357 g/mol. The number of urea groups is 1. The predicted molar refractivity (Wildman–Crippen MR) is 107 cm³/mol. The molecule has 3 atom stereocenters. The third kappa shape index (κ3) is 4.28. The van der Waals surface area contributed by atoms with Crippen molar-refractivity contribution >= 4 is 11.7 Å². The van der Waals surface area contributed by atoms with E-state index in [9.17, 15) is 9.18 Å². The summed E-state index contributed by atoms with van der Waals surface area (Å²) in [6, 6.07) is 15.0. The number of fused-ring (bicyclic) bond motifs is 2. The van der Waals surface area contributed by atoms with Gasteiger partial charge in [0.25, 0.3) is 0 Å². The molecular formula is C22H26FN3O2. The van der Waals surface area contributed by atoms with Crippen molar-refractivity contribution in [3.05, 3.63) is 59.9 Å². The van der Waals surface area contributed by atoms with Crippen LogP contribution < -0.4 is 15.4 Å². The Morgan fingerprint density at radius 3 is 2.54 bits per heavy atom. The molecule has 2 amide bonds. The molecule has 2 fully saturated rings. The van der Waals surface area contributed by atoms with Gasteiger partial charge < -0.3 is 15.4 Å². The molecule has 2 N–H and O–H groups in total. The summed E-state index contributed by atoms with van der Waals surface area (Å²) in [6.45, 7) is 0.846. The predicted octanol–water partition coefficient (Wildman–Crippen LogP) is 4.15. The van der Waals surface area contributed by atoms with Crippen LogP contribution in [0.3, 0.4) is 0 Å². The summed E-state index contributed by atoms with van der Waals surface area (Å²) in [7, 11) is 1.61. The molecule has 0 aromatic heterocycles. The van der Waals surface area contributed by atoms with Crippen LogP contribution in [0.4, 0.5) is 14.9 Å². The van der Waals surface area contributed by atoms with Gasteiger partial charge in [-0.15, -0.1) is 0 Å². The first-order chi connectivity index (χ1) is 13.6. The van der Waals surface area contributed by atoms with Crippen molar-refractivity contribution in [1.82, 2.24) is 10.2 Å². The summed E-state index contributed by atoms with van der Waals surface area (Å²) >= 11 is 0. The van der Waals surface area contributed by atoms with E-state index < -0.39 is 0 Å². The Balaban J connectivity index is 1.32. The maximum absolute atomic E-state index is 13.1. The van der Waals surface area contributed by atoms with Crippen LogP contribution in [-0.4, -0.2) is 36.2 Å². The molecule has 28 heavy (non-hydrogen) atoms. The van der Waals surface area contributed by atoms with Crippen LogP contribution in [0.1, 0.15) is 31.2 Å². The van der Waals surface area contributed by atoms with Crippen molar-refractivity contribution in [2.75, 3.05) is 12.4 Å². The number of hydrogen-bond donors (Lipinski definition) is 2. The van der Waals surface area contributed by atoms with Gasteiger partial charge in [-0.2, -0.15) is 0 Å². The molecule has 2 aromatic carbocycles. The van der Waals surface area contributed by atoms with Gasteiger partial charge in [-0.3, -0.25) is 4.90 Å². The van der Waals surface area contributed by atoms with E-state index in [1.165, 1.54) is 12.1 Å². The lowest BCUT2D eigenvalue weighted by atomic mass is 9.96. The smallest absolute Gasteiger partial charge is 0.319 e. The van der Waals surface area contributed by atoms with Gasteiger partial charge in [-0.1, -0.05) is 18.2 Å². The summed E-state index contributed by atoms with van der Waals surface area (Å²) in [6.07, 6.45) is 4.20. The highest BCUT2D eigenvalue weighted by Crippen LogP contribution is 2.37. The number of hydrogen-bond acceptors (Lipinski definition) is 3. The van der Waals surface area contributed by atoms with Gasteiger partial charge in [-0.05, 0) is 55.5 Å².